The lowest BCUT2D eigenvalue weighted by molar-refractivity contribution is 0.0729. The Labute approximate surface area is 153 Å². The SMILES string of the molecule is Cc1cc(C(=O)N2CCc3c(ncn3CCc3ccccc3)C2)c(C)o1. The van der Waals surface area contributed by atoms with Gasteiger partial charge in [0.05, 0.1) is 24.1 Å². The molecule has 134 valence electrons. The van der Waals surface area contributed by atoms with Crippen molar-refractivity contribution >= 4 is 5.91 Å². The van der Waals surface area contributed by atoms with Crippen LogP contribution in [0.15, 0.2) is 47.1 Å². The Hall–Kier alpha value is -2.82. The van der Waals surface area contributed by atoms with E-state index in [1.165, 1.54) is 11.3 Å². The van der Waals surface area contributed by atoms with E-state index in [0.717, 1.165) is 30.8 Å². The van der Waals surface area contributed by atoms with Crippen molar-refractivity contribution in [3.05, 3.63) is 76.8 Å². The van der Waals surface area contributed by atoms with Crippen LogP contribution in [0.3, 0.4) is 0 Å². The number of hydrogen-bond acceptors (Lipinski definition) is 3. The standard InChI is InChI=1S/C21H23N3O2/c1-15-12-18(16(2)26-15)21(25)23-11-9-20-19(13-23)22-14-24(20)10-8-17-6-4-3-5-7-17/h3-7,12,14H,8-11,13H2,1-2H3. The van der Waals surface area contributed by atoms with Gasteiger partial charge in [0.2, 0.25) is 0 Å². The number of aromatic nitrogens is 2. The number of nitrogens with zero attached hydrogens (tertiary/aromatic N) is 3. The van der Waals surface area contributed by atoms with Gasteiger partial charge in [0, 0.05) is 25.2 Å². The number of hydrogen-bond donors (Lipinski definition) is 0. The summed E-state index contributed by atoms with van der Waals surface area (Å²) in [7, 11) is 0. The highest BCUT2D eigenvalue weighted by molar-refractivity contribution is 5.95. The van der Waals surface area contributed by atoms with Gasteiger partial charge in [-0.3, -0.25) is 4.79 Å². The quantitative estimate of drug-likeness (QED) is 0.724. The zero-order valence-electron chi connectivity index (χ0n) is 15.2. The number of benzene rings is 1. The van der Waals surface area contributed by atoms with Crippen LogP contribution in [0.4, 0.5) is 0 Å². The Balaban J connectivity index is 1.46. The summed E-state index contributed by atoms with van der Waals surface area (Å²) in [6.45, 7) is 5.91. The van der Waals surface area contributed by atoms with Gasteiger partial charge in [-0.2, -0.15) is 0 Å². The van der Waals surface area contributed by atoms with E-state index in [1.54, 1.807) is 0 Å². The van der Waals surface area contributed by atoms with E-state index in [1.807, 2.05) is 37.2 Å². The zero-order chi connectivity index (χ0) is 18.1. The predicted octanol–water partition coefficient (Wildman–Crippen LogP) is 3.53. The highest BCUT2D eigenvalue weighted by Gasteiger charge is 2.27. The minimum Gasteiger partial charge on any atom is -0.466 e. The van der Waals surface area contributed by atoms with Crippen molar-refractivity contribution in [2.24, 2.45) is 0 Å². The molecule has 3 aromatic rings. The molecule has 1 aliphatic rings. The van der Waals surface area contributed by atoms with Crippen molar-refractivity contribution in [3.63, 3.8) is 0 Å². The summed E-state index contributed by atoms with van der Waals surface area (Å²) in [5.74, 6) is 1.49. The van der Waals surface area contributed by atoms with E-state index >= 15 is 0 Å². The Morgan fingerprint density at radius 1 is 1.23 bits per heavy atom. The highest BCUT2D eigenvalue weighted by atomic mass is 16.3. The lowest BCUT2D eigenvalue weighted by atomic mass is 10.1. The van der Waals surface area contributed by atoms with Crippen LogP contribution in [0.5, 0.6) is 0 Å². The summed E-state index contributed by atoms with van der Waals surface area (Å²) >= 11 is 0. The van der Waals surface area contributed by atoms with Crippen LogP contribution in [0.2, 0.25) is 0 Å². The molecule has 0 fully saturated rings. The average Bonchev–Trinajstić information content (AvgIpc) is 3.22. The van der Waals surface area contributed by atoms with Crippen molar-refractivity contribution in [2.45, 2.75) is 39.8 Å². The molecule has 26 heavy (non-hydrogen) atoms. The monoisotopic (exact) mass is 349 g/mol. The first-order valence-corrected chi connectivity index (χ1v) is 9.05. The average molecular weight is 349 g/mol. The molecule has 1 amide bonds. The first-order valence-electron chi connectivity index (χ1n) is 9.05. The molecule has 4 rings (SSSR count). The number of amides is 1. The Morgan fingerprint density at radius 2 is 2.04 bits per heavy atom. The second kappa shape index (κ2) is 6.83. The van der Waals surface area contributed by atoms with Crippen LogP contribution in [0.25, 0.3) is 0 Å². The molecule has 0 radical (unpaired) electrons. The molecule has 3 heterocycles. The van der Waals surface area contributed by atoms with Gasteiger partial charge in [0.15, 0.2) is 0 Å². The summed E-state index contributed by atoms with van der Waals surface area (Å²) in [6, 6.07) is 12.3. The van der Waals surface area contributed by atoms with Gasteiger partial charge in [-0.1, -0.05) is 30.3 Å². The molecule has 0 aliphatic carbocycles. The van der Waals surface area contributed by atoms with Gasteiger partial charge in [-0.15, -0.1) is 0 Å². The molecular formula is C21H23N3O2. The summed E-state index contributed by atoms with van der Waals surface area (Å²) in [6.07, 6.45) is 3.74. The molecule has 1 aliphatic heterocycles. The van der Waals surface area contributed by atoms with Gasteiger partial charge in [-0.05, 0) is 31.9 Å². The van der Waals surface area contributed by atoms with Crippen molar-refractivity contribution in [2.75, 3.05) is 6.54 Å². The summed E-state index contributed by atoms with van der Waals surface area (Å²) < 4.78 is 7.74. The first kappa shape index (κ1) is 16.6. The van der Waals surface area contributed by atoms with Crippen LogP contribution in [-0.4, -0.2) is 26.9 Å². The molecule has 0 atom stereocenters. The maximum absolute atomic E-state index is 12.8. The van der Waals surface area contributed by atoms with E-state index in [2.05, 4.69) is 33.8 Å². The smallest absolute Gasteiger partial charge is 0.257 e. The molecule has 0 unspecified atom stereocenters. The molecule has 1 aromatic carbocycles. The third kappa shape index (κ3) is 3.17. The van der Waals surface area contributed by atoms with Crippen molar-refractivity contribution in [1.29, 1.82) is 0 Å². The first-order chi connectivity index (χ1) is 12.6. The molecule has 0 saturated carbocycles. The van der Waals surface area contributed by atoms with Crippen LogP contribution in [0.1, 0.15) is 38.8 Å². The molecule has 0 N–H and O–H groups in total. The van der Waals surface area contributed by atoms with Crippen molar-refractivity contribution in [3.8, 4) is 0 Å². The second-order valence-electron chi connectivity index (χ2n) is 6.87. The number of furan rings is 1. The van der Waals surface area contributed by atoms with Gasteiger partial charge in [0.1, 0.15) is 11.5 Å². The number of fused-ring (bicyclic) bond motifs is 1. The normalized spacial score (nSPS) is 13.7. The fourth-order valence-electron chi connectivity index (χ4n) is 3.64. The van der Waals surface area contributed by atoms with Gasteiger partial charge >= 0.3 is 0 Å². The molecule has 5 nitrogen and oxygen atoms in total. The van der Waals surface area contributed by atoms with E-state index in [-0.39, 0.29) is 5.91 Å². The van der Waals surface area contributed by atoms with Gasteiger partial charge < -0.3 is 13.9 Å². The van der Waals surface area contributed by atoms with Crippen molar-refractivity contribution < 1.29 is 9.21 Å². The predicted molar refractivity (Wildman–Crippen MR) is 99.0 cm³/mol. The number of carbonyl (C=O) groups is 1. The molecule has 0 spiro atoms. The third-order valence-electron chi connectivity index (χ3n) is 5.03. The van der Waals surface area contributed by atoms with E-state index < -0.39 is 0 Å². The number of imidazole rings is 1. The van der Waals surface area contributed by atoms with Crippen LogP contribution < -0.4 is 0 Å². The molecular weight excluding hydrogens is 326 g/mol. The number of aryl methyl sites for hydroxylation is 4. The maximum atomic E-state index is 12.8. The van der Waals surface area contributed by atoms with Crippen molar-refractivity contribution in [1.82, 2.24) is 14.5 Å². The minimum atomic E-state index is 0.0313. The Kier molecular flexibility index (Phi) is 4.37. The Morgan fingerprint density at radius 3 is 2.77 bits per heavy atom. The fourth-order valence-corrected chi connectivity index (χ4v) is 3.64. The van der Waals surface area contributed by atoms with Gasteiger partial charge in [0.25, 0.3) is 5.91 Å². The van der Waals surface area contributed by atoms with Crippen LogP contribution >= 0.6 is 0 Å². The summed E-state index contributed by atoms with van der Waals surface area (Å²) in [4.78, 5) is 19.2. The lowest BCUT2D eigenvalue weighted by Gasteiger charge is -2.27. The fraction of sp³-hybridized carbons (Fsp3) is 0.333. The number of rotatable bonds is 4. The third-order valence-corrected chi connectivity index (χ3v) is 5.03. The largest absolute Gasteiger partial charge is 0.466 e. The highest BCUT2D eigenvalue weighted by Crippen LogP contribution is 2.22. The van der Waals surface area contributed by atoms with Gasteiger partial charge in [-0.25, -0.2) is 4.98 Å². The van der Waals surface area contributed by atoms with E-state index in [9.17, 15) is 4.79 Å². The Bertz CT molecular complexity index is 924. The second-order valence-corrected chi connectivity index (χ2v) is 6.87. The maximum Gasteiger partial charge on any atom is 0.257 e. The summed E-state index contributed by atoms with van der Waals surface area (Å²) in [5, 5.41) is 0. The summed E-state index contributed by atoms with van der Waals surface area (Å²) in [5.41, 5.74) is 4.25. The van der Waals surface area contributed by atoms with E-state index in [0.29, 0.717) is 24.4 Å². The van der Waals surface area contributed by atoms with Crippen LogP contribution in [0, 0.1) is 13.8 Å². The van der Waals surface area contributed by atoms with E-state index in [4.69, 9.17) is 4.42 Å². The minimum absolute atomic E-state index is 0.0313. The van der Waals surface area contributed by atoms with Crippen LogP contribution in [-0.2, 0) is 25.9 Å². The number of carbonyl (C=O) groups excluding carboxylic acids is 1. The topological polar surface area (TPSA) is 51.3 Å². The zero-order valence-corrected chi connectivity index (χ0v) is 15.2. The molecule has 5 heteroatoms. The molecule has 0 saturated heterocycles. The molecule has 0 bridgehead atoms. The lowest BCUT2D eigenvalue weighted by Crippen LogP contribution is -2.36. The molecule has 2 aromatic heterocycles.